The fourth-order valence-corrected chi connectivity index (χ4v) is 6.14. The third kappa shape index (κ3) is 6.03. The molecular weight excluding hydrogens is 566 g/mol. The normalized spacial score (nSPS) is 20.3. The maximum atomic E-state index is 13.6. The van der Waals surface area contributed by atoms with Crippen LogP contribution in [0.4, 0.5) is 41.6 Å². The third-order valence-electron chi connectivity index (χ3n) is 8.14. The first-order chi connectivity index (χ1) is 19.7. The summed E-state index contributed by atoms with van der Waals surface area (Å²) in [5, 5.41) is 0. The Bertz CT molecular complexity index is 1340. The van der Waals surface area contributed by atoms with E-state index in [2.05, 4.69) is 0 Å². The molecular formula is C30H32F6N2O4. The van der Waals surface area contributed by atoms with Crippen molar-refractivity contribution in [1.29, 1.82) is 0 Å². The molecule has 12 heteroatoms. The summed E-state index contributed by atoms with van der Waals surface area (Å²) in [6, 6.07) is 3.99. The molecule has 5 rings (SSSR count). The number of aryl methyl sites for hydroxylation is 2. The van der Waals surface area contributed by atoms with Crippen molar-refractivity contribution in [3.05, 3.63) is 63.7 Å². The molecule has 0 aromatic heterocycles. The molecule has 2 atom stereocenters. The van der Waals surface area contributed by atoms with Crippen LogP contribution in [0.2, 0.25) is 0 Å². The minimum atomic E-state index is -5.03. The summed E-state index contributed by atoms with van der Waals surface area (Å²) in [5.74, 6) is 0.110. The van der Waals surface area contributed by atoms with Crippen molar-refractivity contribution in [2.75, 3.05) is 12.0 Å². The molecule has 1 saturated carbocycles. The van der Waals surface area contributed by atoms with Crippen molar-refractivity contribution in [1.82, 2.24) is 4.90 Å². The van der Waals surface area contributed by atoms with Crippen molar-refractivity contribution in [2.45, 2.75) is 89.5 Å². The lowest BCUT2D eigenvalue weighted by Crippen LogP contribution is -2.50. The second-order valence-electron chi connectivity index (χ2n) is 11.5. The Balaban J connectivity index is 1.63. The van der Waals surface area contributed by atoms with E-state index in [-0.39, 0.29) is 36.1 Å². The molecule has 1 heterocycles. The van der Waals surface area contributed by atoms with Gasteiger partial charge in [0.25, 0.3) is 0 Å². The van der Waals surface area contributed by atoms with Crippen LogP contribution in [0.3, 0.4) is 0 Å². The van der Waals surface area contributed by atoms with Crippen LogP contribution in [0.1, 0.15) is 79.0 Å². The number of nitrogens with zero attached hydrogens (tertiary/aromatic N) is 2. The number of carbonyl (C=O) groups is 2. The molecule has 1 aliphatic heterocycles. The van der Waals surface area contributed by atoms with Crippen LogP contribution in [-0.2, 0) is 41.2 Å². The second kappa shape index (κ2) is 11.0. The summed E-state index contributed by atoms with van der Waals surface area (Å²) < 4.78 is 92.3. The van der Waals surface area contributed by atoms with E-state index in [9.17, 15) is 35.9 Å². The van der Waals surface area contributed by atoms with Gasteiger partial charge in [-0.05, 0) is 105 Å². The van der Waals surface area contributed by atoms with Gasteiger partial charge in [-0.3, -0.25) is 9.80 Å². The zero-order valence-electron chi connectivity index (χ0n) is 23.4. The predicted octanol–water partition coefficient (Wildman–Crippen LogP) is 8.06. The quantitative estimate of drug-likeness (QED) is 0.327. The average Bonchev–Trinajstić information content (AvgIpc) is 3.65. The van der Waals surface area contributed by atoms with E-state index in [1.54, 1.807) is 18.7 Å². The van der Waals surface area contributed by atoms with Crippen LogP contribution >= 0.6 is 0 Å². The van der Waals surface area contributed by atoms with Gasteiger partial charge in [0.05, 0.1) is 36.1 Å². The SMILES string of the molecule is COC(=O)N(Cc1cc(C(F)(F)F)cc(C(F)(F)F)c1)[C@H]1C[C@@H](C2CC2)N(C(=O)OC(C)C)c2cc3c(cc21)CCC3. The number of methoxy groups -OCH3 is 1. The van der Waals surface area contributed by atoms with Crippen molar-refractivity contribution in [2.24, 2.45) is 5.92 Å². The average molecular weight is 599 g/mol. The highest BCUT2D eigenvalue weighted by molar-refractivity contribution is 5.91. The number of fused-ring (bicyclic) bond motifs is 2. The van der Waals surface area contributed by atoms with E-state index < -0.39 is 48.3 Å². The highest BCUT2D eigenvalue weighted by Gasteiger charge is 2.48. The van der Waals surface area contributed by atoms with Crippen molar-refractivity contribution in [3.63, 3.8) is 0 Å². The summed E-state index contributed by atoms with van der Waals surface area (Å²) in [5.41, 5.74) is -0.0393. The maximum absolute atomic E-state index is 13.6. The summed E-state index contributed by atoms with van der Waals surface area (Å²) in [7, 11) is 1.11. The Hall–Kier alpha value is -3.44. The second-order valence-corrected chi connectivity index (χ2v) is 11.5. The molecule has 228 valence electrons. The van der Waals surface area contributed by atoms with Crippen LogP contribution in [0.5, 0.6) is 0 Å². The molecule has 0 N–H and O–H groups in total. The van der Waals surface area contributed by atoms with Gasteiger partial charge in [-0.1, -0.05) is 6.07 Å². The number of hydrogen-bond acceptors (Lipinski definition) is 4. The minimum absolute atomic E-state index is 0.0620. The van der Waals surface area contributed by atoms with E-state index >= 15 is 0 Å². The maximum Gasteiger partial charge on any atom is 0.416 e. The first kappa shape index (κ1) is 30.0. The summed E-state index contributed by atoms with van der Waals surface area (Å²) in [6.45, 7) is 2.92. The highest BCUT2D eigenvalue weighted by Crippen LogP contribution is 2.50. The standard InChI is InChI=1S/C30H32F6N2O4/c1-16(2)42-28(40)38-24(18-7-8-18)14-25(23-11-19-5-4-6-20(19)12-26(23)38)37(27(39)41-3)15-17-9-21(29(31,32)33)13-22(10-17)30(34,35)36/h9-13,16,18,24-25H,4-8,14-15H2,1-3H3/t24-,25-/m0/s1. The summed E-state index contributed by atoms with van der Waals surface area (Å²) in [6.07, 6.45) is -7.49. The van der Waals surface area contributed by atoms with Gasteiger partial charge in [0, 0.05) is 12.6 Å². The van der Waals surface area contributed by atoms with Crippen LogP contribution in [-0.4, -0.2) is 36.3 Å². The van der Waals surface area contributed by atoms with Crippen LogP contribution < -0.4 is 4.90 Å². The lowest BCUT2D eigenvalue weighted by molar-refractivity contribution is -0.143. The van der Waals surface area contributed by atoms with Gasteiger partial charge in [-0.15, -0.1) is 0 Å². The molecule has 42 heavy (non-hydrogen) atoms. The molecule has 1 fully saturated rings. The molecule has 0 saturated heterocycles. The molecule has 0 bridgehead atoms. The van der Waals surface area contributed by atoms with Gasteiger partial charge in [0.1, 0.15) is 0 Å². The van der Waals surface area contributed by atoms with Gasteiger partial charge in [-0.25, -0.2) is 9.59 Å². The minimum Gasteiger partial charge on any atom is -0.453 e. The van der Waals surface area contributed by atoms with Gasteiger partial charge >= 0.3 is 24.5 Å². The number of benzene rings is 2. The van der Waals surface area contributed by atoms with Crippen molar-refractivity contribution >= 4 is 17.9 Å². The van der Waals surface area contributed by atoms with E-state index in [1.165, 1.54) is 4.90 Å². The fourth-order valence-electron chi connectivity index (χ4n) is 6.14. The molecule has 0 unspecified atom stereocenters. The molecule has 0 radical (unpaired) electrons. The van der Waals surface area contributed by atoms with Gasteiger partial charge < -0.3 is 9.47 Å². The number of amides is 2. The molecule has 2 amide bonds. The number of hydrogen-bond donors (Lipinski definition) is 0. The molecule has 3 aliphatic rings. The van der Waals surface area contributed by atoms with Crippen LogP contribution in [0.15, 0.2) is 30.3 Å². The highest BCUT2D eigenvalue weighted by atomic mass is 19.4. The van der Waals surface area contributed by atoms with Crippen molar-refractivity contribution in [3.8, 4) is 0 Å². The Morgan fingerprint density at radius 3 is 2.07 bits per heavy atom. The Morgan fingerprint density at radius 1 is 0.952 bits per heavy atom. The Morgan fingerprint density at radius 2 is 1.55 bits per heavy atom. The molecule has 2 aromatic rings. The number of rotatable bonds is 5. The van der Waals surface area contributed by atoms with Crippen LogP contribution in [0, 0.1) is 5.92 Å². The van der Waals surface area contributed by atoms with Crippen molar-refractivity contribution < 1.29 is 45.4 Å². The molecule has 2 aromatic carbocycles. The number of ether oxygens (including phenoxy) is 2. The summed E-state index contributed by atoms with van der Waals surface area (Å²) >= 11 is 0. The monoisotopic (exact) mass is 598 g/mol. The first-order valence-corrected chi connectivity index (χ1v) is 14.0. The molecule has 0 spiro atoms. The van der Waals surface area contributed by atoms with Gasteiger partial charge in [0.2, 0.25) is 0 Å². The number of carbonyl (C=O) groups excluding carboxylic acids is 2. The van der Waals surface area contributed by atoms with E-state index in [0.717, 1.165) is 50.3 Å². The first-order valence-electron chi connectivity index (χ1n) is 14.0. The third-order valence-corrected chi connectivity index (χ3v) is 8.14. The topological polar surface area (TPSA) is 59.1 Å². The zero-order valence-corrected chi connectivity index (χ0v) is 23.4. The van der Waals surface area contributed by atoms with Gasteiger partial charge in [-0.2, -0.15) is 26.3 Å². The molecule has 6 nitrogen and oxygen atoms in total. The smallest absolute Gasteiger partial charge is 0.416 e. The largest absolute Gasteiger partial charge is 0.453 e. The number of halogens is 6. The predicted molar refractivity (Wildman–Crippen MR) is 141 cm³/mol. The van der Waals surface area contributed by atoms with E-state index in [4.69, 9.17) is 9.47 Å². The van der Waals surface area contributed by atoms with E-state index in [1.807, 2.05) is 12.1 Å². The summed E-state index contributed by atoms with van der Waals surface area (Å²) in [4.78, 5) is 29.5. The van der Waals surface area contributed by atoms with Gasteiger partial charge in [0.15, 0.2) is 0 Å². The van der Waals surface area contributed by atoms with Crippen LogP contribution in [0.25, 0.3) is 0 Å². The Labute approximate surface area is 239 Å². The fraction of sp³-hybridized carbons (Fsp3) is 0.533. The number of anilines is 1. The van der Waals surface area contributed by atoms with E-state index in [0.29, 0.717) is 23.4 Å². The Kier molecular flexibility index (Phi) is 7.86. The lowest BCUT2D eigenvalue weighted by Gasteiger charge is -2.44. The zero-order chi connectivity index (χ0) is 30.6. The number of alkyl halides is 6. The molecule has 2 aliphatic carbocycles. The lowest BCUT2D eigenvalue weighted by atomic mass is 9.86.